The van der Waals surface area contributed by atoms with E-state index in [4.69, 9.17) is 4.74 Å². The maximum Gasteiger partial charge on any atom is 0.328 e. The maximum absolute atomic E-state index is 12.2. The fourth-order valence-corrected chi connectivity index (χ4v) is 3.04. The Labute approximate surface area is 157 Å². The van der Waals surface area contributed by atoms with E-state index in [1.165, 1.54) is 7.11 Å². The van der Waals surface area contributed by atoms with Gasteiger partial charge in [-0.1, -0.05) is 48.5 Å². The number of fused-ring (bicyclic) bond motifs is 1. The second-order valence-electron chi connectivity index (χ2n) is 6.28. The van der Waals surface area contributed by atoms with Crippen LogP contribution in [0.5, 0.6) is 0 Å². The topological polar surface area (TPSA) is 83.2 Å². The summed E-state index contributed by atoms with van der Waals surface area (Å²) in [7, 11) is 1.32. The van der Waals surface area contributed by atoms with Crippen LogP contribution in [0, 0.1) is 0 Å². The summed E-state index contributed by atoms with van der Waals surface area (Å²) in [6.45, 7) is 0.465. The Balaban J connectivity index is 1.53. The smallest absolute Gasteiger partial charge is 0.328 e. The van der Waals surface area contributed by atoms with Gasteiger partial charge in [0.05, 0.1) is 7.11 Å². The quantitative estimate of drug-likeness (QED) is 0.563. The van der Waals surface area contributed by atoms with Gasteiger partial charge < -0.3 is 20.4 Å². The van der Waals surface area contributed by atoms with E-state index >= 15 is 0 Å². The van der Waals surface area contributed by atoms with Gasteiger partial charge in [-0.25, -0.2) is 9.59 Å². The molecule has 0 aliphatic rings. The van der Waals surface area contributed by atoms with Crippen molar-refractivity contribution >= 4 is 22.9 Å². The number of hydrogen-bond donors (Lipinski definition) is 3. The number of ether oxygens (including phenoxy) is 1. The zero-order valence-corrected chi connectivity index (χ0v) is 15.2. The summed E-state index contributed by atoms with van der Waals surface area (Å²) >= 11 is 0. The molecule has 1 atom stereocenters. The number of rotatable bonds is 7. The van der Waals surface area contributed by atoms with E-state index in [-0.39, 0.29) is 6.03 Å². The van der Waals surface area contributed by atoms with Gasteiger partial charge in [-0.3, -0.25) is 0 Å². The average Bonchev–Trinajstić information content (AvgIpc) is 3.11. The monoisotopic (exact) mass is 365 g/mol. The van der Waals surface area contributed by atoms with Crippen molar-refractivity contribution in [3.05, 3.63) is 71.9 Å². The Hall–Kier alpha value is -3.28. The number of methoxy groups -OCH3 is 1. The number of hydrogen-bond acceptors (Lipinski definition) is 3. The Morgan fingerprint density at radius 3 is 2.59 bits per heavy atom. The van der Waals surface area contributed by atoms with E-state index in [0.29, 0.717) is 19.4 Å². The number of H-pyrrole nitrogens is 1. The lowest BCUT2D eigenvalue weighted by Crippen LogP contribution is -2.48. The van der Waals surface area contributed by atoms with Gasteiger partial charge in [0.15, 0.2) is 0 Å². The highest BCUT2D eigenvalue weighted by Gasteiger charge is 2.21. The van der Waals surface area contributed by atoms with Crippen molar-refractivity contribution in [1.29, 1.82) is 0 Å². The van der Waals surface area contributed by atoms with Crippen LogP contribution in [0.1, 0.15) is 11.1 Å². The molecule has 140 valence electrons. The van der Waals surface area contributed by atoms with Crippen molar-refractivity contribution in [1.82, 2.24) is 15.6 Å². The van der Waals surface area contributed by atoms with Crippen LogP contribution in [-0.2, 0) is 22.4 Å². The molecular formula is C21H23N3O3. The van der Waals surface area contributed by atoms with Crippen molar-refractivity contribution in [2.45, 2.75) is 18.9 Å². The largest absolute Gasteiger partial charge is 0.467 e. The van der Waals surface area contributed by atoms with Gasteiger partial charge in [-0.2, -0.15) is 0 Å². The lowest BCUT2D eigenvalue weighted by molar-refractivity contribution is -0.142. The third-order valence-corrected chi connectivity index (χ3v) is 4.43. The first-order chi connectivity index (χ1) is 13.2. The standard InChI is InChI=1S/C21H23N3O3/c1-27-20(25)19(13-15-7-3-2-4-8-15)24-21(26)22-12-11-16-14-23-18-10-6-5-9-17(16)18/h2-10,14,19,23H,11-13H2,1H3,(H2,22,24,26)/t19-/m1/s1. The van der Waals surface area contributed by atoms with Crippen molar-refractivity contribution in [2.24, 2.45) is 0 Å². The first kappa shape index (κ1) is 18.5. The molecule has 1 heterocycles. The first-order valence-electron chi connectivity index (χ1n) is 8.88. The maximum atomic E-state index is 12.2. The van der Waals surface area contributed by atoms with E-state index in [1.807, 2.05) is 60.8 Å². The number of benzene rings is 2. The molecule has 3 aromatic rings. The predicted molar refractivity (Wildman–Crippen MR) is 104 cm³/mol. The second kappa shape index (κ2) is 8.89. The molecule has 3 N–H and O–H groups in total. The SMILES string of the molecule is COC(=O)[C@@H](Cc1ccccc1)NC(=O)NCCc1c[nH]c2ccccc12. The number of amides is 2. The molecule has 6 heteroatoms. The summed E-state index contributed by atoms with van der Waals surface area (Å²) in [6, 6.07) is 16.4. The van der Waals surface area contributed by atoms with Crippen LogP contribution in [0.4, 0.5) is 4.79 Å². The van der Waals surface area contributed by atoms with E-state index in [1.54, 1.807) is 0 Å². The summed E-state index contributed by atoms with van der Waals surface area (Å²) in [6.07, 6.45) is 3.03. The molecule has 2 amide bonds. The fourth-order valence-electron chi connectivity index (χ4n) is 3.04. The number of urea groups is 1. The number of nitrogens with one attached hydrogen (secondary N) is 3. The molecule has 3 rings (SSSR count). The Morgan fingerprint density at radius 2 is 1.81 bits per heavy atom. The molecule has 27 heavy (non-hydrogen) atoms. The van der Waals surface area contributed by atoms with Crippen molar-refractivity contribution in [2.75, 3.05) is 13.7 Å². The number of carbonyl (C=O) groups is 2. The molecular weight excluding hydrogens is 342 g/mol. The highest BCUT2D eigenvalue weighted by Crippen LogP contribution is 2.17. The van der Waals surface area contributed by atoms with E-state index < -0.39 is 12.0 Å². The summed E-state index contributed by atoms with van der Waals surface area (Å²) < 4.78 is 4.81. The summed E-state index contributed by atoms with van der Waals surface area (Å²) in [5.74, 6) is -0.467. The van der Waals surface area contributed by atoms with Crippen LogP contribution in [-0.4, -0.2) is 36.7 Å². The molecule has 0 radical (unpaired) electrons. The average molecular weight is 365 g/mol. The number of para-hydroxylation sites is 1. The molecule has 0 aliphatic carbocycles. The van der Waals surface area contributed by atoms with Crippen LogP contribution in [0.25, 0.3) is 10.9 Å². The van der Waals surface area contributed by atoms with Crippen molar-refractivity contribution in [3.8, 4) is 0 Å². The van der Waals surface area contributed by atoms with Crippen molar-refractivity contribution in [3.63, 3.8) is 0 Å². The van der Waals surface area contributed by atoms with Gasteiger partial charge in [0.25, 0.3) is 0 Å². The predicted octanol–water partition coefficient (Wildman–Crippen LogP) is 2.79. The minimum absolute atomic E-state index is 0.378. The van der Waals surface area contributed by atoms with Gasteiger partial charge in [0, 0.05) is 30.1 Å². The first-order valence-corrected chi connectivity index (χ1v) is 8.88. The highest BCUT2D eigenvalue weighted by atomic mass is 16.5. The lowest BCUT2D eigenvalue weighted by atomic mass is 10.1. The van der Waals surface area contributed by atoms with Crippen LogP contribution >= 0.6 is 0 Å². The van der Waals surface area contributed by atoms with E-state index in [0.717, 1.165) is 22.0 Å². The minimum Gasteiger partial charge on any atom is -0.467 e. The van der Waals surface area contributed by atoms with Crippen LogP contribution in [0.15, 0.2) is 60.8 Å². The Bertz CT molecular complexity index is 905. The molecule has 0 bridgehead atoms. The van der Waals surface area contributed by atoms with Gasteiger partial charge in [0.1, 0.15) is 6.04 Å². The normalized spacial score (nSPS) is 11.7. The van der Waals surface area contributed by atoms with E-state index in [2.05, 4.69) is 15.6 Å². The number of carbonyl (C=O) groups excluding carboxylic acids is 2. The molecule has 0 saturated carbocycles. The number of aromatic amines is 1. The third kappa shape index (κ3) is 4.88. The minimum atomic E-state index is -0.731. The van der Waals surface area contributed by atoms with Crippen LogP contribution in [0.2, 0.25) is 0 Å². The van der Waals surface area contributed by atoms with Crippen LogP contribution in [0.3, 0.4) is 0 Å². The van der Waals surface area contributed by atoms with Gasteiger partial charge >= 0.3 is 12.0 Å². The second-order valence-corrected chi connectivity index (χ2v) is 6.28. The fraction of sp³-hybridized carbons (Fsp3) is 0.238. The molecule has 2 aromatic carbocycles. The van der Waals surface area contributed by atoms with Gasteiger partial charge in [0.2, 0.25) is 0 Å². The lowest BCUT2D eigenvalue weighted by Gasteiger charge is -2.17. The molecule has 0 unspecified atom stereocenters. The number of esters is 1. The summed E-state index contributed by atoms with van der Waals surface area (Å²) in [4.78, 5) is 27.4. The summed E-state index contributed by atoms with van der Waals surface area (Å²) in [5.41, 5.74) is 3.16. The third-order valence-electron chi connectivity index (χ3n) is 4.43. The zero-order chi connectivity index (χ0) is 19.1. The molecule has 0 fully saturated rings. The van der Waals surface area contributed by atoms with E-state index in [9.17, 15) is 9.59 Å². The van der Waals surface area contributed by atoms with Crippen molar-refractivity contribution < 1.29 is 14.3 Å². The van der Waals surface area contributed by atoms with Gasteiger partial charge in [-0.05, 0) is 23.6 Å². The molecule has 6 nitrogen and oxygen atoms in total. The molecule has 0 saturated heterocycles. The number of aromatic nitrogens is 1. The van der Waals surface area contributed by atoms with Gasteiger partial charge in [-0.15, -0.1) is 0 Å². The molecule has 0 aliphatic heterocycles. The zero-order valence-electron chi connectivity index (χ0n) is 15.2. The Kier molecular flexibility index (Phi) is 6.10. The highest BCUT2D eigenvalue weighted by molar-refractivity contribution is 5.84. The molecule has 1 aromatic heterocycles. The van der Waals surface area contributed by atoms with Crippen LogP contribution < -0.4 is 10.6 Å². The molecule has 0 spiro atoms. The summed E-state index contributed by atoms with van der Waals surface area (Å²) in [5, 5.41) is 6.66. The Morgan fingerprint density at radius 1 is 1.07 bits per heavy atom.